The van der Waals surface area contributed by atoms with Gasteiger partial charge in [-0.25, -0.2) is 0 Å². The predicted octanol–water partition coefficient (Wildman–Crippen LogP) is 2.95. The lowest BCUT2D eigenvalue weighted by Crippen LogP contribution is -2.28. The number of nitrogens with one attached hydrogen (secondary N) is 1. The Hall–Kier alpha value is -0.760. The molecule has 1 atom stereocenters. The minimum Gasteiger partial charge on any atom is -0.472 e. The summed E-state index contributed by atoms with van der Waals surface area (Å²) in [4.78, 5) is 0. The van der Waals surface area contributed by atoms with Crippen LogP contribution >= 0.6 is 0 Å². The van der Waals surface area contributed by atoms with Crippen molar-refractivity contribution in [1.82, 2.24) is 5.32 Å². The Kier molecular flexibility index (Phi) is 3.25. The van der Waals surface area contributed by atoms with Gasteiger partial charge in [-0.05, 0) is 24.8 Å². The van der Waals surface area contributed by atoms with Gasteiger partial charge in [0.15, 0.2) is 0 Å². The van der Waals surface area contributed by atoms with Crippen LogP contribution < -0.4 is 5.32 Å². The van der Waals surface area contributed by atoms with Crippen molar-refractivity contribution in [2.45, 2.75) is 45.2 Å². The van der Waals surface area contributed by atoms with Gasteiger partial charge in [0.2, 0.25) is 0 Å². The molecule has 1 fully saturated rings. The largest absolute Gasteiger partial charge is 0.472 e. The summed E-state index contributed by atoms with van der Waals surface area (Å²) in [5, 5.41) is 3.58. The van der Waals surface area contributed by atoms with E-state index >= 15 is 0 Å². The van der Waals surface area contributed by atoms with Crippen molar-refractivity contribution in [3.05, 3.63) is 24.2 Å². The molecule has 1 aromatic heterocycles. The summed E-state index contributed by atoms with van der Waals surface area (Å²) >= 11 is 0. The maximum atomic E-state index is 5.03. The third-order valence-electron chi connectivity index (χ3n) is 2.98. The lowest BCUT2D eigenvalue weighted by atomic mass is 10.1. The number of rotatable bonds is 6. The lowest BCUT2D eigenvalue weighted by Gasteiger charge is -2.15. The molecule has 14 heavy (non-hydrogen) atoms. The quantitative estimate of drug-likeness (QED) is 0.751. The monoisotopic (exact) mass is 193 g/mol. The lowest BCUT2D eigenvalue weighted by molar-refractivity contribution is 0.443. The van der Waals surface area contributed by atoms with Crippen molar-refractivity contribution >= 4 is 0 Å². The first-order valence-electron chi connectivity index (χ1n) is 5.63. The fraction of sp³-hybridized carbons (Fsp3) is 0.667. The van der Waals surface area contributed by atoms with Gasteiger partial charge in [-0.2, -0.15) is 0 Å². The van der Waals surface area contributed by atoms with Crippen LogP contribution in [0.4, 0.5) is 0 Å². The molecule has 1 saturated carbocycles. The highest BCUT2D eigenvalue weighted by Crippen LogP contribution is 2.34. The van der Waals surface area contributed by atoms with Crippen LogP contribution in [0.15, 0.2) is 23.0 Å². The molecule has 78 valence electrons. The highest BCUT2D eigenvalue weighted by atomic mass is 16.3. The van der Waals surface area contributed by atoms with E-state index in [1.54, 1.807) is 6.26 Å². The zero-order chi connectivity index (χ0) is 9.80. The van der Waals surface area contributed by atoms with Crippen molar-refractivity contribution in [3.8, 4) is 0 Å². The van der Waals surface area contributed by atoms with E-state index in [-0.39, 0.29) is 0 Å². The van der Waals surface area contributed by atoms with Gasteiger partial charge in [0.05, 0.1) is 12.5 Å². The Morgan fingerprint density at radius 2 is 2.43 bits per heavy atom. The van der Waals surface area contributed by atoms with Gasteiger partial charge in [0, 0.05) is 18.2 Å². The van der Waals surface area contributed by atoms with Crippen LogP contribution in [0.25, 0.3) is 0 Å². The Morgan fingerprint density at radius 1 is 1.57 bits per heavy atom. The smallest absolute Gasteiger partial charge is 0.0947 e. The highest BCUT2D eigenvalue weighted by Gasteiger charge is 2.24. The SMILES string of the molecule is CCC(CC1CC1)NCc1ccoc1. The molecule has 2 nitrogen and oxygen atoms in total. The molecule has 0 bridgehead atoms. The van der Waals surface area contributed by atoms with Gasteiger partial charge in [-0.15, -0.1) is 0 Å². The second-order valence-electron chi connectivity index (χ2n) is 4.30. The molecule has 1 heterocycles. The average Bonchev–Trinajstić information content (AvgIpc) is 2.86. The van der Waals surface area contributed by atoms with Crippen LogP contribution in [0.5, 0.6) is 0 Å². The third kappa shape index (κ3) is 2.88. The van der Waals surface area contributed by atoms with Gasteiger partial charge in [-0.3, -0.25) is 0 Å². The van der Waals surface area contributed by atoms with Crippen molar-refractivity contribution in [2.75, 3.05) is 0 Å². The Bertz CT molecular complexity index is 251. The van der Waals surface area contributed by atoms with Gasteiger partial charge < -0.3 is 9.73 Å². The van der Waals surface area contributed by atoms with Gasteiger partial charge in [-0.1, -0.05) is 19.8 Å². The molecular formula is C12H19NO. The molecule has 1 aliphatic rings. The minimum atomic E-state index is 0.692. The van der Waals surface area contributed by atoms with Crippen LogP contribution in [0.1, 0.15) is 38.2 Å². The second-order valence-corrected chi connectivity index (χ2v) is 4.30. The summed E-state index contributed by atoms with van der Waals surface area (Å²) in [6, 6.07) is 2.72. The molecule has 0 saturated heterocycles. The molecule has 0 radical (unpaired) electrons. The molecule has 0 amide bonds. The average molecular weight is 193 g/mol. The highest BCUT2D eigenvalue weighted by molar-refractivity contribution is 5.04. The van der Waals surface area contributed by atoms with E-state index in [2.05, 4.69) is 12.2 Å². The topological polar surface area (TPSA) is 25.2 Å². The summed E-state index contributed by atoms with van der Waals surface area (Å²) in [5.41, 5.74) is 1.25. The summed E-state index contributed by atoms with van der Waals surface area (Å²) in [7, 11) is 0. The molecule has 2 rings (SSSR count). The van der Waals surface area contributed by atoms with Crippen LogP contribution in [0.2, 0.25) is 0 Å². The number of hydrogen-bond acceptors (Lipinski definition) is 2. The Balaban J connectivity index is 1.71. The zero-order valence-corrected chi connectivity index (χ0v) is 8.83. The van der Waals surface area contributed by atoms with E-state index in [0.29, 0.717) is 6.04 Å². The van der Waals surface area contributed by atoms with Gasteiger partial charge >= 0.3 is 0 Å². The van der Waals surface area contributed by atoms with Crippen LogP contribution in [-0.2, 0) is 6.54 Å². The van der Waals surface area contributed by atoms with Crippen molar-refractivity contribution in [2.24, 2.45) is 5.92 Å². The van der Waals surface area contributed by atoms with E-state index in [0.717, 1.165) is 12.5 Å². The number of hydrogen-bond donors (Lipinski definition) is 1. The van der Waals surface area contributed by atoms with E-state index in [1.165, 1.54) is 31.2 Å². The molecular weight excluding hydrogens is 174 g/mol. The minimum absolute atomic E-state index is 0.692. The van der Waals surface area contributed by atoms with E-state index in [4.69, 9.17) is 4.42 Å². The molecule has 1 unspecified atom stereocenters. The van der Waals surface area contributed by atoms with E-state index in [1.807, 2.05) is 12.3 Å². The normalized spacial score (nSPS) is 18.4. The molecule has 1 aliphatic carbocycles. The van der Waals surface area contributed by atoms with Crippen molar-refractivity contribution in [1.29, 1.82) is 0 Å². The number of furan rings is 1. The first kappa shape index (κ1) is 9.78. The van der Waals surface area contributed by atoms with Gasteiger partial charge in [0.25, 0.3) is 0 Å². The molecule has 0 aromatic carbocycles. The standard InChI is InChI=1S/C12H19NO/c1-2-12(7-10-3-4-10)13-8-11-5-6-14-9-11/h5-6,9-10,12-13H,2-4,7-8H2,1H3. The van der Waals surface area contributed by atoms with Crippen molar-refractivity contribution < 1.29 is 4.42 Å². The Labute approximate surface area is 85.7 Å². The fourth-order valence-electron chi connectivity index (χ4n) is 1.81. The fourth-order valence-corrected chi connectivity index (χ4v) is 1.81. The summed E-state index contributed by atoms with van der Waals surface area (Å²) in [6.45, 7) is 3.21. The first-order chi connectivity index (χ1) is 6.88. The molecule has 0 spiro atoms. The molecule has 2 heteroatoms. The van der Waals surface area contributed by atoms with Crippen LogP contribution in [0, 0.1) is 5.92 Å². The Morgan fingerprint density at radius 3 is 3.00 bits per heavy atom. The van der Waals surface area contributed by atoms with E-state index in [9.17, 15) is 0 Å². The summed E-state index contributed by atoms with van der Waals surface area (Å²) in [6.07, 6.45) is 9.03. The van der Waals surface area contributed by atoms with Crippen LogP contribution in [-0.4, -0.2) is 6.04 Å². The first-order valence-corrected chi connectivity index (χ1v) is 5.63. The summed E-state index contributed by atoms with van der Waals surface area (Å²) in [5.74, 6) is 1.01. The predicted molar refractivity (Wildman–Crippen MR) is 57.0 cm³/mol. The van der Waals surface area contributed by atoms with Gasteiger partial charge in [0.1, 0.15) is 0 Å². The van der Waals surface area contributed by atoms with Crippen LogP contribution in [0.3, 0.4) is 0 Å². The maximum Gasteiger partial charge on any atom is 0.0947 e. The summed E-state index contributed by atoms with van der Waals surface area (Å²) < 4.78 is 5.03. The maximum absolute atomic E-state index is 5.03. The van der Waals surface area contributed by atoms with E-state index < -0.39 is 0 Å². The third-order valence-corrected chi connectivity index (χ3v) is 2.98. The second kappa shape index (κ2) is 4.65. The molecule has 0 aliphatic heterocycles. The molecule has 1 aromatic rings. The zero-order valence-electron chi connectivity index (χ0n) is 8.83. The van der Waals surface area contributed by atoms with Crippen molar-refractivity contribution in [3.63, 3.8) is 0 Å². The molecule has 1 N–H and O–H groups in total.